The minimum absolute atomic E-state index is 0.685. The van der Waals surface area contributed by atoms with Gasteiger partial charge in [-0.05, 0) is 56.9 Å². The molecule has 24 heavy (non-hydrogen) atoms. The molecule has 128 valence electrons. The zero-order valence-corrected chi connectivity index (χ0v) is 14.7. The summed E-state index contributed by atoms with van der Waals surface area (Å²) < 4.78 is 0. The third kappa shape index (κ3) is 4.37. The first kappa shape index (κ1) is 16.6. The Morgan fingerprint density at radius 3 is 2.50 bits per heavy atom. The Morgan fingerprint density at radius 1 is 1.04 bits per heavy atom. The molecular formula is C19H27N5. The molecule has 3 rings (SSSR count). The van der Waals surface area contributed by atoms with E-state index in [1.807, 2.05) is 13.0 Å². The standard InChI is InChI=1S/C19H27N5/c1-3-11-20-19-21-15(2)14-18(23-19)22-16-7-9-17(10-8-16)24-12-5-4-6-13-24/h7-10,14H,3-6,11-13H2,1-2H3,(H2,20,21,22,23). The van der Waals surface area contributed by atoms with E-state index in [9.17, 15) is 0 Å². The molecule has 0 spiro atoms. The van der Waals surface area contributed by atoms with E-state index in [0.29, 0.717) is 5.95 Å². The van der Waals surface area contributed by atoms with E-state index in [-0.39, 0.29) is 0 Å². The van der Waals surface area contributed by atoms with Crippen molar-refractivity contribution in [1.82, 2.24) is 9.97 Å². The van der Waals surface area contributed by atoms with Gasteiger partial charge in [0.15, 0.2) is 0 Å². The Balaban J connectivity index is 1.68. The molecular weight excluding hydrogens is 298 g/mol. The summed E-state index contributed by atoms with van der Waals surface area (Å²) >= 11 is 0. The molecule has 0 saturated carbocycles. The molecule has 5 heteroatoms. The summed E-state index contributed by atoms with van der Waals surface area (Å²) in [6, 6.07) is 10.6. The molecule has 1 fully saturated rings. The first-order valence-electron chi connectivity index (χ1n) is 8.96. The SMILES string of the molecule is CCCNc1nc(C)cc(Nc2ccc(N3CCCCC3)cc2)n1. The first-order chi connectivity index (χ1) is 11.7. The lowest BCUT2D eigenvalue weighted by Gasteiger charge is -2.28. The van der Waals surface area contributed by atoms with Crippen LogP contribution in [0.15, 0.2) is 30.3 Å². The molecule has 2 heterocycles. The van der Waals surface area contributed by atoms with Gasteiger partial charge in [0.25, 0.3) is 0 Å². The van der Waals surface area contributed by atoms with Gasteiger partial charge in [0, 0.05) is 42.8 Å². The third-order valence-electron chi connectivity index (χ3n) is 4.25. The Labute approximate surface area is 144 Å². The average Bonchev–Trinajstić information content (AvgIpc) is 2.61. The lowest BCUT2D eigenvalue weighted by Crippen LogP contribution is -2.29. The highest BCUT2D eigenvalue weighted by Gasteiger charge is 2.10. The summed E-state index contributed by atoms with van der Waals surface area (Å²) in [6.45, 7) is 7.34. The summed E-state index contributed by atoms with van der Waals surface area (Å²) in [5.74, 6) is 1.51. The van der Waals surface area contributed by atoms with Gasteiger partial charge in [-0.25, -0.2) is 4.98 Å². The minimum Gasteiger partial charge on any atom is -0.372 e. The lowest BCUT2D eigenvalue weighted by molar-refractivity contribution is 0.578. The fourth-order valence-corrected chi connectivity index (χ4v) is 3.00. The van der Waals surface area contributed by atoms with Crippen LogP contribution in [0.25, 0.3) is 0 Å². The van der Waals surface area contributed by atoms with Crippen LogP contribution in [0.5, 0.6) is 0 Å². The van der Waals surface area contributed by atoms with Crippen molar-refractivity contribution in [3.63, 3.8) is 0 Å². The Hall–Kier alpha value is -2.30. The molecule has 1 saturated heterocycles. The zero-order chi connectivity index (χ0) is 16.8. The molecule has 5 nitrogen and oxygen atoms in total. The van der Waals surface area contributed by atoms with Gasteiger partial charge in [0.1, 0.15) is 5.82 Å². The van der Waals surface area contributed by atoms with Crippen molar-refractivity contribution in [3.05, 3.63) is 36.0 Å². The van der Waals surface area contributed by atoms with Crippen molar-refractivity contribution >= 4 is 23.1 Å². The molecule has 0 bridgehead atoms. The quantitative estimate of drug-likeness (QED) is 0.827. The van der Waals surface area contributed by atoms with E-state index in [2.05, 4.69) is 56.7 Å². The van der Waals surface area contributed by atoms with Crippen molar-refractivity contribution in [1.29, 1.82) is 0 Å². The van der Waals surface area contributed by atoms with Gasteiger partial charge in [-0.15, -0.1) is 0 Å². The van der Waals surface area contributed by atoms with Crippen LogP contribution in [-0.2, 0) is 0 Å². The van der Waals surface area contributed by atoms with Gasteiger partial charge < -0.3 is 15.5 Å². The molecule has 2 N–H and O–H groups in total. The van der Waals surface area contributed by atoms with Crippen molar-refractivity contribution in [2.75, 3.05) is 35.2 Å². The highest BCUT2D eigenvalue weighted by atomic mass is 15.1. The maximum Gasteiger partial charge on any atom is 0.224 e. The van der Waals surface area contributed by atoms with Crippen molar-refractivity contribution in [3.8, 4) is 0 Å². The third-order valence-corrected chi connectivity index (χ3v) is 4.25. The number of piperidine rings is 1. The predicted octanol–water partition coefficient (Wildman–Crippen LogP) is 4.34. The second-order valence-corrected chi connectivity index (χ2v) is 6.36. The Morgan fingerprint density at radius 2 is 1.79 bits per heavy atom. The predicted molar refractivity (Wildman–Crippen MR) is 101 cm³/mol. The fraction of sp³-hybridized carbons (Fsp3) is 0.474. The van der Waals surface area contributed by atoms with Crippen LogP contribution in [0.3, 0.4) is 0 Å². The molecule has 0 radical (unpaired) electrons. The maximum atomic E-state index is 4.53. The maximum absolute atomic E-state index is 4.53. The highest BCUT2D eigenvalue weighted by Crippen LogP contribution is 2.23. The Bertz CT molecular complexity index is 647. The molecule has 2 aromatic rings. The average molecular weight is 325 g/mol. The number of nitrogens with zero attached hydrogens (tertiary/aromatic N) is 3. The number of hydrogen-bond donors (Lipinski definition) is 2. The van der Waals surface area contributed by atoms with Crippen LogP contribution in [0, 0.1) is 6.92 Å². The zero-order valence-electron chi connectivity index (χ0n) is 14.7. The van der Waals surface area contributed by atoms with Crippen molar-refractivity contribution < 1.29 is 0 Å². The number of nitrogens with one attached hydrogen (secondary N) is 2. The van der Waals surface area contributed by atoms with E-state index < -0.39 is 0 Å². The number of benzene rings is 1. The van der Waals surface area contributed by atoms with Crippen molar-refractivity contribution in [2.24, 2.45) is 0 Å². The summed E-state index contributed by atoms with van der Waals surface area (Å²) in [6.07, 6.45) is 5.01. The number of hydrogen-bond acceptors (Lipinski definition) is 5. The molecule has 1 aliphatic heterocycles. The molecule has 1 aliphatic rings. The van der Waals surface area contributed by atoms with E-state index >= 15 is 0 Å². The summed E-state index contributed by atoms with van der Waals surface area (Å²) in [5.41, 5.74) is 3.32. The number of aromatic nitrogens is 2. The first-order valence-corrected chi connectivity index (χ1v) is 8.96. The largest absolute Gasteiger partial charge is 0.372 e. The van der Waals surface area contributed by atoms with Crippen LogP contribution in [0.1, 0.15) is 38.3 Å². The van der Waals surface area contributed by atoms with Gasteiger partial charge in [-0.2, -0.15) is 4.98 Å². The fourth-order valence-electron chi connectivity index (χ4n) is 3.00. The van der Waals surface area contributed by atoms with E-state index in [1.54, 1.807) is 0 Å². The second kappa shape index (κ2) is 7.99. The van der Waals surface area contributed by atoms with Crippen LogP contribution >= 0.6 is 0 Å². The lowest BCUT2D eigenvalue weighted by atomic mass is 10.1. The molecule has 0 atom stereocenters. The highest BCUT2D eigenvalue weighted by molar-refractivity contribution is 5.61. The Kier molecular flexibility index (Phi) is 5.51. The van der Waals surface area contributed by atoms with Gasteiger partial charge in [-0.3, -0.25) is 0 Å². The van der Waals surface area contributed by atoms with Gasteiger partial charge in [-0.1, -0.05) is 6.92 Å². The van der Waals surface area contributed by atoms with Crippen LogP contribution in [0.4, 0.5) is 23.1 Å². The van der Waals surface area contributed by atoms with Gasteiger partial charge in [0.05, 0.1) is 0 Å². The molecule has 1 aromatic carbocycles. The smallest absolute Gasteiger partial charge is 0.224 e. The van der Waals surface area contributed by atoms with E-state index in [0.717, 1.165) is 30.2 Å². The molecule has 0 amide bonds. The number of aryl methyl sites for hydroxylation is 1. The second-order valence-electron chi connectivity index (χ2n) is 6.36. The summed E-state index contributed by atoms with van der Waals surface area (Å²) in [5, 5.41) is 6.63. The summed E-state index contributed by atoms with van der Waals surface area (Å²) in [7, 11) is 0. The summed E-state index contributed by atoms with van der Waals surface area (Å²) in [4.78, 5) is 11.4. The van der Waals surface area contributed by atoms with Gasteiger partial charge >= 0.3 is 0 Å². The van der Waals surface area contributed by atoms with E-state index in [4.69, 9.17) is 0 Å². The molecule has 0 aliphatic carbocycles. The van der Waals surface area contributed by atoms with Crippen molar-refractivity contribution in [2.45, 2.75) is 39.5 Å². The van der Waals surface area contributed by atoms with Gasteiger partial charge in [0.2, 0.25) is 5.95 Å². The number of anilines is 4. The molecule has 0 unspecified atom stereocenters. The topological polar surface area (TPSA) is 53.1 Å². The van der Waals surface area contributed by atoms with Crippen LogP contribution < -0.4 is 15.5 Å². The van der Waals surface area contributed by atoms with Crippen LogP contribution in [-0.4, -0.2) is 29.6 Å². The normalized spacial score (nSPS) is 14.5. The number of rotatable bonds is 6. The van der Waals surface area contributed by atoms with Crippen LogP contribution in [0.2, 0.25) is 0 Å². The van der Waals surface area contributed by atoms with E-state index in [1.165, 1.54) is 38.0 Å². The minimum atomic E-state index is 0.685. The molecule has 1 aromatic heterocycles. The monoisotopic (exact) mass is 325 g/mol.